The van der Waals surface area contributed by atoms with Crippen LogP contribution in [0.4, 0.5) is 18.9 Å². The first-order valence-corrected chi connectivity index (χ1v) is 9.09. The average Bonchev–Trinajstić information content (AvgIpc) is 3.22. The minimum absolute atomic E-state index is 0.230. The number of benzene rings is 2. The largest absolute Gasteiger partial charge is 0.497 e. The number of hydrogen-bond acceptors (Lipinski definition) is 3. The summed E-state index contributed by atoms with van der Waals surface area (Å²) in [5, 5.41) is 4.35. The molecule has 0 saturated carbocycles. The molecule has 0 radical (unpaired) electrons. The van der Waals surface area contributed by atoms with E-state index in [1.54, 1.807) is 36.2 Å². The fourth-order valence-electron chi connectivity index (χ4n) is 3.44. The molecule has 150 valence electrons. The second kappa shape index (κ2) is 7.27. The van der Waals surface area contributed by atoms with Crippen molar-refractivity contribution in [1.29, 1.82) is 0 Å². The molecule has 29 heavy (non-hydrogen) atoms. The van der Waals surface area contributed by atoms with Gasteiger partial charge in [-0.1, -0.05) is 0 Å². The monoisotopic (exact) mass is 401 g/mol. The second-order valence-electron chi connectivity index (χ2n) is 6.75. The Morgan fingerprint density at radius 1 is 1.10 bits per heavy atom. The number of nitrogens with zero attached hydrogens (tertiary/aromatic N) is 3. The summed E-state index contributed by atoms with van der Waals surface area (Å²) in [4.78, 5) is 14.5. The molecule has 5 nitrogen and oxygen atoms in total. The minimum Gasteiger partial charge on any atom is -0.497 e. The van der Waals surface area contributed by atoms with Gasteiger partial charge in [0.1, 0.15) is 5.75 Å². The highest BCUT2D eigenvalue weighted by Gasteiger charge is 2.33. The van der Waals surface area contributed by atoms with E-state index in [2.05, 4.69) is 5.10 Å². The van der Waals surface area contributed by atoms with Crippen LogP contribution in [0.15, 0.2) is 54.7 Å². The molecule has 4 rings (SSSR count). The zero-order chi connectivity index (χ0) is 20.6. The molecule has 0 atom stereocenters. The second-order valence-corrected chi connectivity index (χ2v) is 6.75. The molecule has 0 bridgehead atoms. The highest BCUT2D eigenvalue weighted by atomic mass is 19.4. The van der Waals surface area contributed by atoms with Crippen molar-refractivity contribution < 1.29 is 22.7 Å². The number of anilines is 1. The number of carbonyl (C=O) groups is 1. The van der Waals surface area contributed by atoms with Crippen molar-refractivity contribution in [2.75, 3.05) is 18.6 Å². The van der Waals surface area contributed by atoms with E-state index < -0.39 is 11.7 Å². The van der Waals surface area contributed by atoms with Crippen molar-refractivity contribution in [2.24, 2.45) is 0 Å². The van der Waals surface area contributed by atoms with Gasteiger partial charge in [-0.2, -0.15) is 18.3 Å². The lowest BCUT2D eigenvalue weighted by Crippen LogP contribution is -2.36. The van der Waals surface area contributed by atoms with Gasteiger partial charge in [-0.25, -0.2) is 4.68 Å². The Balaban J connectivity index is 1.60. The number of methoxy groups -OCH3 is 1. The molecule has 0 fully saturated rings. The molecule has 2 aromatic carbocycles. The third-order valence-electron chi connectivity index (χ3n) is 4.92. The standard InChI is InChI=1S/C21H18F3N3O2/c1-29-17-7-5-16(6-8-17)27-12-10-18(25-27)20(28)26-11-2-3-14-13-15(21(22,23)24)4-9-19(14)26/h4-10,12-13H,2-3,11H2,1H3. The van der Waals surface area contributed by atoms with Crippen LogP contribution in [0.3, 0.4) is 0 Å². The number of hydrogen-bond donors (Lipinski definition) is 0. The van der Waals surface area contributed by atoms with Crippen molar-refractivity contribution in [1.82, 2.24) is 9.78 Å². The van der Waals surface area contributed by atoms with E-state index >= 15 is 0 Å². The Morgan fingerprint density at radius 3 is 2.55 bits per heavy atom. The van der Waals surface area contributed by atoms with E-state index in [4.69, 9.17) is 4.74 Å². The summed E-state index contributed by atoms with van der Waals surface area (Å²) in [7, 11) is 1.58. The first-order valence-electron chi connectivity index (χ1n) is 9.09. The zero-order valence-electron chi connectivity index (χ0n) is 15.6. The molecular weight excluding hydrogens is 383 g/mol. The summed E-state index contributed by atoms with van der Waals surface area (Å²) in [6.45, 7) is 0.437. The van der Waals surface area contributed by atoms with Gasteiger partial charge in [0, 0.05) is 18.4 Å². The van der Waals surface area contributed by atoms with Crippen molar-refractivity contribution in [3.05, 3.63) is 71.5 Å². The molecule has 2 heterocycles. The Labute approximate surface area is 165 Å². The highest BCUT2D eigenvalue weighted by Crippen LogP contribution is 2.35. The number of halogens is 3. The van der Waals surface area contributed by atoms with Gasteiger partial charge in [-0.05, 0) is 66.9 Å². The molecule has 0 unspecified atom stereocenters. The van der Waals surface area contributed by atoms with Crippen LogP contribution in [-0.2, 0) is 12.6 Å². The van der Waals surface area contributed by atoms with Crippen LogP contribution in [0.5, 0.6) is 5.75 Å². The first kappa shape index (κ1) is 19.0. The summed E-state index contributed by atoms with van der Waals surface area (Å²) in [5.41, 5.74) is 1.32. The summed E-state index contributed by atoms with van der Waals surface area (Å²) in [6, 6.07) is 12.3. The number of ether oxygens (including phenoxy) is 1. The lowest BCUT2D eigenvalue weighted by Gasteiger charge is -2.29. The van der Waals surface area contributed by atoms with Gasteiger partial charge in [0.25, 0.3) is 5.91 Å². The molecule has 0 N–H and O–H groups in total. The van der Waals surface area contributed by atoms with Gasteiger partial charge in [-0.15, -0.1) is 0 Å². The van der Waals surface area contributed by atoms with E-state index in [-0.39, 0.29) is 11.6 Å². The molecule has 0 saturated heterocycles. The molecular formula is C21H18F3N3O2. The minimum atomic E-state index is -4.40. The maximum atomic E-state index is 13.0. The van der Waals surface area contributed by atoms with Gasteiger partial charge in [0.2, 0.25) is 0 Å². The van der Waals surface area contributed by atoms with E-state index in [9.17, 15) is 18.0 Å². The van der Waals surface area contributed by atoms with E-state index in [0.717, 1.165) is 17.8 Å². The number of aromatic nitrogens is 2. The van der Waals surface area contributed by atoms with Crippen LogP contribution in [0.2, 0.25) is 0 Å². The van der Waals surface area contributed by atoms with Crippen molar-refractivity contribution in [3.8, 4) is 11.4 Å². The molecule has 1 aliphatic heterocycles. The number of alkyl halides is 3. The SMILES string of the molecule is COc1ccc(-n2ccc(C(=O)N3CCCc4cc(C(F)(F)F)ccc43)n2)cc1. The topological polar surface area (TPSA) is 47.4 Å². The molecule has 3 aromatic rings. The highest BCUT2D eigenvalue weighted by molar-refractivity contribution is 6.05. The Bertz CT molecular complexity index is 1040. The fourth-order valence-corrected chi connectivity index (χ4v) is 3.44. The normalized spacial score (nSPS) is 13.9. The third-order valence-corrected chi connectivity index (χ3v) is 4.92. The third kappa shape index (κ3) is 3.70. The molecule has 1 aliphatic rings. The van der Waals surface area contributed by atoms with Crippen LogP contribution in [0.25, 0.3) is 5.69 Å². The number of amides is 1. The maximum absolute atomic E-state index is 13.0. The van der Waals surface area contributed by atoms with Crippen LogP contribution >= 0.6 is 0 Å². The van der Waals surface area contributed by atoms with Crippen molar-refractivity contribution in [3.63, 3.8) is 0 Å². The summed E-state index contributed by atoms with van der Waals surface area (Å²) >= 11 is 0. The summed E-state index contributed by atoms with van der Waals surface area (Å²) in [6.07, 6.45) is -1.63. The first-order chi connectivity index (χ1) is 13.9. The zero-order valence-corrected chi connectivity index (χ0v) is 15.6. The Kier molecular flexibility index (Phi) is 4.77. The number of fused-ring (bicyclic) bond motifs is 1. The molecule has 8 heteroatoms. The summed E-state index contributed by atoms with van der Waals surface area (Å²) < 4.78 is 45.7. The van der Waals surface area contributed by atoms with Crippen LogP contribution < -0.4 is 9.64 Å². The van der Waals surface area contributed by atoms with Crippen LogP contribution in [0.1, 0.15) is 28.0 Å². The maximum Gasteiger partial charge on any atom is 0.416 e. The predicted molar refractivity (Wildman–Crippen MR) is 102 cm³/mol. The lowest BCUT2D eigenvalue weighted by molar-refractivity contribution is -0.137. The van der Waals surface area contributed by atoms with E-state index in [1.807, 2.05) is 12.1 Å². The van der Waals surface area contributed by atoms with Gasteiger partial charge in [0.15, 0.2) is 5.69 Å². The lowest BCUT2D eigenvalue weighted by atomic mass is 9.98. The van der Waals surface area contributed by atoms with E-state index in [1.165, 1.54) is 11.0 Å². The molecule has 0 aliphatic carbocycles. The average molecular weight is 401 g/mol. The van der Waals surface area contributed by atoms with Gasteiger partial charge < -0.3 is 9.64 Å². The fraction of sp³-hybridized carbons (Fsp3) is 0.238. The number of aryl methyl sites for hydroxylation is 1. The number of rotatable bonds is 3. The van der Waals surface area contributed by atoms with Crippen molar-refractivity contribution in [2.45, 2.75) is 19.0 Å². The Morgan fingerprint density at radius 2 is 1.86 bits per heavy atom. The molecule has 1 amide bonds. The van der Waals surface area contributed by atoms with Crippen LogP contribution in [-0.4, -0.2) is 29.3 Å². The van der Waals surface area contributed by atoms with Crippen LogP contribution in [0, 0.1) is 0 Å². The smallest absolute Gasteiger partial charge is 0.416 e. The van der Waals surface area contributed by atoms with E-state index in [0.29, 0.717) is 36.4 Å². The predicted octanol–water partition coefficient (Wildman–Crippen LogP) is 4.49. The van der Waals surface area contributed by atoms with Gasteiger partial charge in [-0.3, -0.25) is 4.79 Å². The number of carbonyl (C=O) groups excluding carboxylic acids is 1. The van der Waals surface area contributed by atoms with Crippen molar-refractivity contribution >= 4 is 11.6 Å². The quantitative estimate of drug-likeness (QED) is 0.650. The molecule has 1 aromatic heterocycles. The molecule has 0 spiro atoms. The van der Waals surface area contributed by atoms with Gasteiger partial charge >= 0.3 is 6.18 Å². The Hall–Kier alpha value is -3.29. The van der Waals surface area contributed by atoms with Gasteiger partial charge in [0.05, 0.1) is 18.4 Å². The summed E-state index contributed by atoms with van der Waals surface area (Å²) in [5.74, 6) is 0.373.